The molecule has 0 spiro atoms. The molecule has 2 N–H and O–H groups in total. The molecular weight excluding hydrogens is 210 g/mol. The van der Waals surface area contributed by atoms with Crippen LogP contribution in [0.15, 0.2) is 36.5 Å². The lowest BCUT2D eigenvalue weighted by Crippen LogP contribution is -2.11. The van der Waals surface area contributed by atoms with Crippen molar-refractivity contribution in [1.29, 1.82) is 0 Å². The molecule has 3 nitrogen and oxygen atoms in total. The van der Waals surface area contributed by atoms with Crippen molar-refractivity contribution in [3.05, 3.63) is 41.6 Å². The summed E-state index contributed by atoms with van der Waals surface area (Å²) < 4.78 is 1.88. The Kier molecular flexibility index (Phi) is 3.04. The first-order chi connectivity index (χ1) is 7.31. The summed E-state index contributed by atoms with van der Waals surface area (Å²) in [4.78, 5) is 0. The van der Waals surface area contributed by atoms with Gasteiger partial charge in [-0.25, -0.2) is 0 Å². The summed E-state index contributed by atoms with van der Waals surface area (Å²) in [5.74, 6) is 0. The predicted octanol–water partition coefficient (Wildman–Crippen LogP) is 2.16. The maximum atomic E-state index is 5.94. The van der Waals surface area contributed by atoms with Crippen molar-refractivity contribution in [3.63, 3.8) is 0 Å². The topological polar surface area (TPSA) is 43.8 Å². The second kappa shape index (κ2) is 4.47. The van der Waals surface area contributed by atoms with Crippen LogP contribution in [0.1, 0.15) is 0 Å². The fraction of sp³-hybridized carbons (Fsp3) is 0.182. The summed E-state index contributed by atoms with van der Waals surface area (Å²) >= 11 is 5.94. The van der Waals surface area contributed by atoms with Crippen molar-refractivity contribution in [1.82, 2.24) is 9.78 Å². The van der Waals surface area contributed by atoms with Crippen LogP contribution in [0.3, 0.4) is 0 Å². The summed E-state index contributed by atoms with van der Waals surface area (Å²) in [7, 11) is 0. The summed E-state index contributed by atoms with van der Waals surface area (Å²) in [6.45, 7) is 1.30. The van der Waals surface area contributed by atoms with Gasteiger partial charge in [0.15, 0.2) is 0 Å². The van der Waals surface area contributed by atoms with Crippen LogP contribution < -0.4 is 5.73 Å². The van der Waals surface area contributed by atoms with E-state index in [2.05, 4.69) is 5.10 Å². The minimum Gasteiger partial charge on any atom is -0.329 e. The molecular formula is C11H12ClN3. The molecule has 0 atom stereocenters. The monoisotopic (exact) mass is 221 g/mol. The van der Waals surface area contributed by atoms with Crippen LogP contribution in [0.5, 0.6) is 0 Å². The normalized spacial score (nSPS) is 10.5. The SMILES string of the molecule is NCCn1nccc1-c1cccc(Cl)c1. The number of hydrogen-bond acceptors (Lipinski definition) is 2. The first-order valence-corrected chi connectivity index (χ1v) is 5.17. The quantitative estimate of drug-likeness (QED) is 0.863. The van der Waals surface area contributed by atoms with E-state index in [1.165, 1.54) is 0 Å². The summed E-state index contributed by atoms with van der Waals surface area (Å²) in [5.41, 5.74) is 7.62. The lowest BCUT2D eigenvalue weighted by Gasteiger charge is -2.06. The van der Waals surface area contributed by atoms with E-state index >= 15 is 0 Å². The maximum Gasteiger partial charge on any atom is 0.0683 e. The van der Waals surface area contributed by atoms with Gasteiger partial charge in [0, 0.05) is 23.3 Å². The van der Waals surface area contributed by atoms with Crippen LogP contribution in [0.4, 0.5) is 0 Å². The third kappa shape index (κ3) is 2.19. The van der Waals surface area contributed by atoms with E-state index in [1.807, 2.05) is 35.0 Å². The molecule has 2 aromatic rings. The second-order valence-corrected chi connectivity index (χ2v) is 3.68. The van der Waals surface area contributed by atoms with Crippen LogP contribution in [0.2, 0.25) is 5.02 Å². The van der Waals surface area contributed by atoms with Gasteiger partial charge in [0.25, 0.3) is 0 Å². The molecule has 0 fully saturated rings. The van der Waals surface area contributed by atoms with E-state index in [-0.39, 0.29) is 0 Å². The van der Waals surface area contributed by atoms with Gasteiger partial charge >= 0.3 is 0 Å². The third-order valence-corrected chi connectivity index (χ3v) is 2.41. The van der Waals surface area contributed by atoms with Gasteiger partial charge in [0.05, 0.1) is 12.2 Å². The minimum absolute atomic E-state index is 0.579. The van der Waals surface area contributed by atoms with Crippen molar-refractivity contribution >= 4 is 11.6 Å². The number of halogens is 1. The van der Waals surface area contributed by atoms with Crippen LogP contribution in [-0.4, -0.2) is 16.3 Å². The average Bonchev–Trinajstić information content (AvgIpc) is 2.66. The van der Waals surface area contributed by atoms with Crippen LogP contribution in [0, 0.1) is 0 Å². The molecule has 4 heteroatoms. The van der Waals surface area contributed by atoms with Crippen molar-refractivity contribution in [2.75, 3.05) is 6.54 Å². The average molecular weight is 222 g/mol. The molecule has 15 heavy (non-hydrogen) atoms. The molecule has 1 aromatic carbocycles. The van der Waals surface area contributed by atoms with Gasteiger partial charge in [-0.1, -0.05) is 23.7 Å². The van der Waals surface area contributed by atoms with Crippen LogP contribution >= 0.6 is 11.6 Å². The predicted molar refractivity (Wildman–Crippen MR) is 61.7 cm³/mol. The highest BCUT2D eigenvalue weighted by Gasteiger charge is 2.04. The van der Waals surface area contributed by atoms with Crippen molar-refractivity contribution in [2.45, 2.75) is 6.54 Å². The van der Waals surface area contributed by atoms with Gasteiger partial charge in [0.2, 0.25) is 0 Å². The Morgan fingerprint density at radius 3 is 2.93 bits per heavy atom. The lowest BCUT2D eigenvalue weighted by atomic mass is 10.1. The Balaban J connectivity index is 2.40. The van der Waals surface area contributed by atoms with Gasteiger partial charge in [-0.2, -0.15) is 5.10 Å². The third-order valence-electron chi connectivity index (χ3n) is 2.18. The Labute approximate surface area is 93.5 Å². The Hall–Kier alpha value is -1.32. The highest BCUT2D eigenvalue weighted by molar-refractivity contribution is 6.30. The van der Waals surface area contributed by atoms with Crippen LogP contribution in [-0.2, 0) is 6.54 Å². The fourth-order valence-electron chi connectivity index (χ4n) is 1.53. The van der Waals surface area contributed by atoms with E-state index < -0.39 is 0 Å². The summed E-state index contributed by atoms with van der Waals surface area (Å²) in [5, 5.41) is 4.94. The second-order valence-electron chi connectivity index (χ2n) is 3.24. The maximum absolute atomic E-state index is 5.94. The van der Waals surface area contributed by atoms with E-state index in [0.29, 0.717) is 6.54 Å². The molecule has 0 aliphatic heterocycles. The number of aromatic nitrogens is 2. The first-order valence-electron chi connectivity index (χ1n) is 4.79. The Morgan fingerprint density at radius 1 is 1.33 bits per heavy atom. The first kappa shape index (κ1) is 10.2. The largest absolute Gasteiger partial charge is 0.329 e. The van der Waals surface area contributed by atoms with E-state index in [9.17, 15) is 0 Å². The standard InChI is InChI=1S/C11H12ClN3/c12-10-3-1-2-9(8-10)11-4-6-14-15(11)7-5-13/h1-4,6,8H,5,7,13H2. The van der Waals surface area contributed by atoms with Gasteiger partial charge in [-0.15, -0.1) is 0 Å². The molecule has 0 aliphatic rings. The molecule has 0 bridgehead atoms. The van der Waals surface area contributed by atoms with Crippen molar-refractivity contribution in [3.8, 4) is 11.3 Å². The zero-order valence-electron chi connectivity index (χ0n) is 8.23. The molecule has 0 unspecified atom stereocenters. The molecule has 0 saturated carbocycles. The number of rotatable bonds is 3. The number of nitrogens with two attached hydrogens (primary N) is 1. The van der Waals surface area contributed by atoms with E-state index in [1.54, 1.807) is 6.20 Å². The zero-order valence-corrected chi connectivity index (χ0v) is 8.98. The number of hydrogen-bond donors (Lipinski definition) is 1. The molecule has 2 rings (SSSR count). The van der Waals surface area contributed by atoms with Crippen molar-refractivity contribution < 1.29 is 0 Å². The fourth-order valence-corrected chi connectivity index (χ4v) is 1.72. The molecule has 1 heterocycles. The van der Waals surface area contributed by atoms with E-state index in [4.69, 9.17) is 17.3 Å². The van der Waals surface area contributed by atoms with Gasteiger partial charge in [-0.05, 0) is 18.2 Å². The summed E-state index contributed by atoms with van der Waals surface area (Å²) in [6, 6.07) is 9.68. The van der Waals surface area contributed by atoms with Crippen LogP contribution in [0.25, 0.3) is 11.3 Å². The molecule has 0 saturated heterocycles. The van der Waals surface area contributed by atoms with E-state index in [0.717, 1.165) is 22.8 Å². The Morgan fingerprint density at radius 2 is 2.20 bits per heavy atom. The van der Waals surface area contributed by atoms with Gasteiger partial charge in [-0.3, -0.25) is 4.68 Å². The lowest BCUT2D eigenvalue weighted by molar-refractivity contribution is 0.631. The van der Waals surface area contributed by atoms with Crippen molar-refractivity contribution in [2.24, 2.45) is 5.73 Å². The molecule has 78 valence electrons. The number of nitrogens with zero attached hydrogens (tertiary/aromatic N) is 2. The molecule has 0 radical (unpaired) electrons. The van der Waals surface area contributed by atoms with Gasteiger partial charge < -0.3 is 5.73 Å². The van der Waals surface area contributed by atoms with Gasteiger partial charge in [0.1, 0.15) is 0 Å². The summed E-state index contributed by atoms with van der Waals surface area (Å²) in [6.07, 6.45) is 1.77. The highest BCUT2D eigenvalue weighted by Crippen LogP contribution is 2.22. The smallest absolute Gasteiger partial charge is 0.0683 e. The number of benzene rings is 1. The molecule has 0 amide bonds. The Bertz CT molecular complexity index is 451. The zero-order chi connectivity index (χ0) is 10.7. The molecule has 0 aliphatic carbocycles. The highest BCUT2D eigenvalue weighted by atomic mass is 35.5. The molecule has 1 aromatic heterocycles. The minimum atomic E-state index is 0.579.